The molecule has 12 heteroatoms. The highest BCUT2D eigenvalue weighted by atomic mass is 32.2. The molecule has 0 atom stereocenters. The lowest BCUT2D eigenvalue weighted by molar-refractivity contribution is -0.156. The molecule has 1 aromatic carbocycles. The molecule has 0 aliphatic rings. The van der Waals surface area contributed by atoms with Crippen molar-refractivity contribution < 1.29 is 45.3 Å². The molecule has 0 unspecified atom stereocenters. The van der Waals surface area contributed by atoms with Crippen LogP contribution in [0.3, 0.4) is 0 Å². The maximum atomic E-state index is 12.8. The zero-order valence-corrected chi connectivity index (χ0v) is 19.2. The minimum Gasteiger partial charge on any atom is -0.438 e. The van der Waals surface area contributed by atoms with Gasteiger partial charge in [-0.1, -0.05) is 45.4 Å². The molecule has 30 heavy (non-hydrogen) atoms. The Hall–Kier alpha value is -1.78. The fraction of sp³-hybridized carbons (Fsp3) is 0.556. The highest BCUT2D eigenvalue weighted by Crippen LogP contribution is 2.48. The van der Waals surface area contributed by atoms with Gasteiger partial charge in [0.25, 0.3) is 10.1 Å². The van der Waals surface area contributed by atoms with Crippen LogP contribution in [0.4, 0.5) is 0 Å². The van der Waals surface area contributed by atoms with Crippen molar-refractivity contribution in [2.45, 2.75) is 39.5 Å². The van der Waals surface area contributed by atoms with Crippen LogP contribution >= 0.6 is 7.60 Å². The van der Waals surface area contributed by atoms with Crippen molar-refractivity contribution in [2.75, 3.05) is 19.9 Å². The number of aryl methyl sites for hydroxylation is 1. The van der Waals surface area contributed by atoms with Gasteiger partial charge in [-0.15, -0.1) is 0 Å². The third-order valence-corrected chi connectivity index (χ3v) is 6.41. The number of carbonyl (C=O) groups is 2. The fourth-order valence-corrected chi connectivity index (χ4v) is 4.01. The lowest BCUT2D eigenvalue weighted by Gasteiger charge is -2.19. The van der Waals surface area contributed by atoms with Gasteiger partial charge in [0.1, 0.15) is 0 Å². The molecule has 1 rings (SSSR count). The SMILES string of the molecule is Cc1ccc(S(=O)(=O)OCP(=O)(OCOC(=O)C(C)C)OCOC(=O)C(C)C)cc1. The number of rotatable bonds is 12. The van der Waals surface area contributed by atoms with Crippen LogP contribution in [0.15, 0.2) is 29.2 Å². The highest BCUT2D eigenvalue weighted by Gasteiger charge is 2.31. The summed E-state index contributed by atoms with van der Waals surface area (Å²) in [6, 6.07) is 5.79. The van der Waals surface area contributed by atoms with Crippen molar-refractivity contribution in [2.24, 2.45) is 11.8 Å². The molecule has 1 aromatic rings. The van der Waals surface area contributed by atoms with E-state index in [0.717, 1.165) is 5.56 Å². The zero-order valence-electron chi connectivity index (χ0n) is 17.5. The van der Waals surface area contributed by atoms with Gasteiger partial charge < -0.3 is 9.47 Å². The molecule has 0 radical (unpaired) electrons. The Morgan fingerprint density at radius 2 is 1.33 bits per heavy atom. The van der Waals surface area contributed by atoms with Crippen LogP contribution in [0.2, 0.25) is 0 Å². The van der Waals surface area contributed by atoms with Gasteiger partial charge in [-0.2, -0.15) is 8.42 Å². The van der Waals surface area contributed by atoms with Crippen molar-refractivity contribution in [1.82, 2.24) is 0 Å². The van der Waals surface area contributed by atoms with Gasteiger partial charge in [0, 0.05) is 0 Å². The Balaban J connectivity index is 2.82. The summed E-state index contributed by atoms with van der Waals surface area (Å²) in [4.78, 5) is 22.9. The monoisotopic (exact) mass is 466 g/mol. The summed E-state index contributed by atoms with van der Waals surface area (Å²) in [7, 11) is -8.54. The average Bonchev–Trinajstić information content (AvgIpc) is 2.66. The van der Waals surface area contributed by atoms with E-state index < -0.39 is 61.4 Å². The van der Waals surface area contributed by atoms with Crippen LogP contribution < -0.4 is 0 Å². The van der Waals surface area contributed by atoms with E-state index in [1.807, 2.05) is 0 Å². The first-order valence-electron chi connectivity index (χ1n) is 9.04. The molecule has 0 heterocycles. The van der Waals surface area contributed by atoms with Crippen LogP contribution in [0, 0.1) is 18.8 Å². The van der Waals surface area contributed by atoms with Crippen LogP contribution in [0.1, 0.15) is 33.3 Å². The molecule has 0 aliphatic heterocycles. The smallest absolute Gasteiger partial charge is 0.363 e. The zero-order chi connectivity index (χ0) is 22.9. The summed E-state index contributed by atoms with van der Waals surface area (Å²) >= 11 is 0. The first kappa shape index (κ1) is 26.3. The van der Waals surface area contributed by atoms with Gasteiger partial charge in [0.05, 0.1) is 16.7 Å². The van der Waals surface area contributed by atoms with Crippen molar-refractivity contribution in [3.05, 3.63) is 29.8 Å². The molecule has 10 nitrogen and oxygen atoms in total. The molecular formula is C18H27O10PS. The second-order valence-electron chi connectivity index (χ2n) is 6.86. The number of esters is 2. The Bertz CT molecular complexity index is 831. The third-order valence-electron chi connectivity index (χ3n) is 3.52. The Morgan fingerprint density at radius 1 is 0.900 bits per heavy atom. The van der Waals surface area contributed by atoms with E-state index in [9.17, 15) is 22.6 Å². The minimum atomic E-state index is -4.27. The topological polar surface area (TPSA) is 132 Å². The number of benzene rings is 1. The maximum absolute atomic E-state index is 12.8. The molecular weight excluding hydrogens is 439 g/mol. The minimum absolute atomic E-state index is 0.155. The van der Waals surface area contributed by atoms with Crippen LogP contribution in [-0.2, 0) is 47.0 Å². The molecule has 0 spiro atoms. The van der Waals surface area contributed by atoms with Gasteiger partial charge in [-0.05, 0) is 19.1 Å². The van der Waals surface area contributed by atoms with Crippen molar-refractivity contribution >= 4 is 29.7 Å². The second kappa shape index (κ2) is 11.6. The quantitative estimate of drug-likeness (QED) is 0.196. The van der Waals surface area contributed by atoms with Crippen molar-refractivity contribution in [3.63, 3.8) is 0 Å². The molecule has 0 amide bonds. The van der Waals surface area contributed by atoms with Gasteiger partial charge in [0.15, 0.2) is 6.35 Å². The number of carbonyl (C=O) groups excluding carboxylic acids is 2. The largest absolute Gasteiger partial charge is 0.438 e. The van der Waals surface area contributed by atoms with E-state index >= 15 is 0 Å². The van der Waals surface area contributed by atoms with Gasteiger partial charge in [-0.3, -0.25) is 27.4 Å². The van der Waals surface area contributed by atoms with Crippen LogP contribution in [0.5, 0.6) is 0 Å². The lowest BCUT2D eigenvalue weighted by atomic mass is 10.2. The molecule has 170 valence electrons. The van der Waals surface area contributed by atoms with E-state index in [0.29, 0.717) is 0 Å². The number of hydrogen-bond donors (Lipinski definition) is 0. The van der Waals surface area contributed by atoms with E-state index in [-0.39, 0.29) is 4.90 Å². The van der Waals surface area contributed by atoms with Gasteiger partial charge in [0.2, 0.25) is 13.6 Å². The first-order chi connectivity index (χ1) is 13.9. The molecule has 0 aliphatic carbocycles. The summed E-state index contributed by atoms with van der Waals surface area (Å²) in [6.45, 7) is 6.59. The molecule has 0 saturated heterocycles. The summed E-state index contributed by atoms with van der Waals surface area (Å²) in [6.07, 6.45) is -1.01. The number of hydrogen-bond acceptors (Lipinski definition) is 10. The standard InChI is InChI=1S/C18H27O10PS/c1-13(2)17(19)24-10-26-29(21,27-11-25-18(20)14(3)4)12-28-30(22,23)16-8-6-15(5)7-9-16/h6-9,13-14H,10-12H2,1-5H3. The Morgan fingerprint density at radius 3 is 1.73 bits per heavy atom. The predicted molar refractivity (Wildman–Crippen MR) is 106 cm³/mol. The third kappa shape index (κ3) is 8.93. The fourth-order valence-electron chi connectivity index (χ4n) is 1.68. The van der Waals surface area contributed by atoms with E-state index in [1.165, 1.54) is 12.1 Å². The first-order valence-corrected chi connectivity index (χ1v) is 12.2. The van der Waals surface area contributed by atoms with Gasteiger partial charge >= 0.3 is 19.5 Å². The highest BCUT2D eigenvalue weighted by molar-refractivity contribution is 7.87. The molecule has 0 N–H and O–H groups in total. The van der Waals surface area contributed by atoms with Crippen molar-refractivity contribution in [3.8, 4) is 0 Å². The van der Waals surface area contributed by atoms with Crippen LogP contribution in [0.25, 0.3) is 0 Å². The van der Waals surface area contributed by atoms with Crippen LogP contribution in [-0.4, -0.2) is 40.3 Å². The maximum Gasteiger partial charge on any atom is 0.363 e. The summed E-state index contributed by atoms with van der Waals surface area (Å²) in [5.74, 6) is -2.17. The summed E-state index contributed by atoms with van der Waals surface area (Å²) in [5.41, 5.74) is 0.838. The Labute approximate surface area is 176 Å². The van der Waals surface area contributed by atoms with Crippen molar-refractivity contribution in [1.29, 1.82) is 0 Å². The predicted octanol–water partition coefficient (Wildman–Crippen LogP) is 3.20. The van der Waals surface area contributed by atoms with E-state index in [4.69, 9.17) is 22.7 Å². The van der Waals surface area contributed by atoms with E-state index in [1.54, 1.807) is 46.8 Å². The molecule has 0 saturated carbocycles. The Kier molecular flexibility index (Phi) is 10.1. The average molecular weight is 466 g/mol. The molecule has 0 aromatic heterocycles. The molecule has 0 fully saturated rings. The van der Waals surface area contributed by atoms with Gasteiger partial charge in [-0.25, -0.2) is 0 Å². The summed E-state index contributed by atoms with van der Waals surface area (Å²) in [5, 5.41) is 0. The number of ether oxygens (including phenoxy) is 2. The van der Waals surface area contributed by atoms with E-state index in [2.05, 4.69) is 0 Å². The summed E-state index contributed by atoms with van der Waals surface area (Å²) < 4.78 is 61.7. The lowest BCUT2D eigenvalue weighted by Crippen LogP contribution is -2.18. The normalized spacial score (nSPS) is 12.2. The molecule has 0 bridgehead atoms. The second-order valence-corrected chi connectivity index (χ2v) is 10.5.